The maximum absolute atomic E-state index is 13.8. The highest BCUT2D eigenvalue weighted by Crippen LogP contribution is 2.33. The van der Waals surface area contributed by atoms with E-state index in [4.69, 9.17) is 32.7 Å². The molecule has 0 aliphatic carbocycles. The summed E-state index contributed by atoms with van der Waals surface area (Å²) in [6, 6.07) is 19.1. The number of rotatable bonds is 9. The van der Waals surface area contributed by atoms with Gasteiger partial charge in [0.15, 0.2) is 0 Å². The number of benzene rings is 4. The normalized spacial score (nSPS) is 13.5. The van der Waals surface area contributed by atoms with Gasteiger partial charge in [-0.1, -0.05) is 35.3 Å². The summed E-state index contributed by atoms with van der Waals surface area (Å²) in [5.74, 6) is 0.281. The Labute approximate surface area is 286 Å². The third-order valence-corrected chi connectivity index (χ3v) is 10.0. The van der Waals surface area contributed by atoms with Gasteiger partial charge in [0.1, 0.15) is 22.9 Å². The Morgan fingerprint density at radius 3 is 2.33 bits per heavy atom. The molecule has 1 aliphatic heterocycles. The number of aromatic nitrogens is 2. The minimum atomic E-state index is -4.48. The molecule has 1 fully saturated rings. The summed E-state index contributed by atoms with van der Waals surface area (Å²) in [6.45, 7) is 5.28. The quantitative estimate of drug-likeness (QED) is 0.131. The van der Waals surface area contributed by atoms with Gasteiger partial charge in [-0.15, -0.1) is 0 Å². The molecule has 1 N–H and O–H groups in total. The number of aryl methyl sites for hydroxylation is 2. The zero-order valence-corrected chi connectivity index (χ0v) is 28.1. The zero-order chi connectivity index (χ0) is 34.2. The van der Waals surface area contributed by atoms with Gasteiger partial charge >= 0.3 is 0 Å². The van der Waals surface area contributed by atoms with Crippen molar-refractivity contribution in [1.29, 1.82) is 0 Å². The van der Waals surface area contributed by atoms with E-state index in [-0.39, 0.29) is 28.5 Å². The molecule has 1 aromatic heterocycles. The molecule has 12 nitrogen and oxygen atoms in total. The number of fused-ring (bicyclic) bond motifs is 1. The Hall–Kier alpha value is -4.69. The lowest BCUT2D eigenvalue weighted by atomic mass is 10.1. The molecule has 1 amide bonds. The predicted octanol–water partition coefficient (Wildman–Crippen LogP) is 6.66. The third-order valence-electron chi connectivity index (χ3n) is 7.85. The van der Waals surface area contributed by atoms with Crippen molar-refractivity contribution in [3.8, 4) is 11.5 Å². The molecule has 1 aliphatic rings. The average Bonchev–Trinajstić information content (AvgIpc) is 3.41. The number of hydrogen-bond acceptors (Lipinski definition) is 9. The Morgan fingerprint density at radius 1 is 0.979 bits per heavy atom. The van der Waals surface area contributed by atoms with E-state index in [2.05, 4.69) is 9.82 Å². The second-order valence-electron chi connectivity index (χ2n) is 11.2. The van der Waals surface area contributed by atoms with Crippen LogP contribution in [0.5, 0.6) is 11.5 Å². The summed E-state index contributed by atoms with van der Waals surface area (Å²) < 4.78 is 42.0. The molecule has 48 heavy (non-hydrogen) atoms. The monoisotopic (exact) mass is 709 g/mol. The van der Waals surface area contributed by atoms with Crippen LogP contribution in [-0.4, -0.2) is 55.3 Å². The summed E-state index contributed by atoms with van der Waals surface area (Å²) in [5, 5.41) is 17.7. The lowest BCUT2D eigenvalue weighted by Gasteiger charge is -2.28. The number of anilines is 1. The predicted molar refractivity (Wildman–Crippen MR) is 182 cm³/mol. The molecule has 4 aromatic carbocycles. The van der Waals surface area contributed by atoms with E-state index < -0.39 is 20.9 Å². The van der Waals surface area contributed by atoms with Crippen LogP contribution in [0, 0.1) is 24.0 Å². The van der Waals surface area contributed by atoms with E-state index in [0.29, 0.717) is 58.8 Å². The molecule has 0 saturated carbocycles. The first-order valence-corrected chi connectivity index (χ1v) is 17.0. The fourth-order valence-corrected chi connectivity index (χ4v) is 6.76. The number of hydrogen-bond donors (Lipinski definition) is 1. The fraction of sp³-hybridized carbons (Fsp3) is 0.212. The Bertz CT molecular complexity index is 2140. The molecule has 0 radical (unpaired) electrons. The molecule has 248 valence electrons. The van der Waals surface area contributed by atoms with Crippen LogP contribution in [0.3, 0.4) is 0 Å². The molecule has 0 bridgehead atoms. The van der Waals surface area contributed by atoms with Crippen molar-refractivity contribution in [3.05, 3.63) is 115 Å². The van der Waals surface area contributed by atoms with Crippen molar-refractivity contribution in [2.24, 2.45) is 0 Å². The van der Waals surface area contributed by atoms with E-state index in [1.54, 1.807) is 29.2 Å². The van der Waals surface area contributed by atoms with Crippen LogP contribution in [-0.2, 0) is 21.3 Å². The average molecular weight is 711 g/mol. The third kappa shape index (κ3) is 6.95. The van der Waals surface area contributed by atoms with Crippen molar-refractivity contribution in [3.63, 3.8) is 0 Å². The van der Waals surface area contributed by atoms with Crippen LogP contribution in [0.2, 0.25) is 10.0 Å². The van der Waals surface area contributed by atoms with Gasteiger partial charge in [-0.25, -0.2) is 13.1 Å². The van der Waals surface area contributed by atoms with E-state index in [0.717, 1.165) is 28.8 Å². The summed E-state index contributed by atoms with van der Waals surface area (Å²) in [4.78, 5) is 26.3. The number of nitro benzene ring substituents is 1. The molecular formula is C33H29Cl2N5O7S. The van der Waals surface area contributed by atoms with Crippen LogP contribution < -0.4 is 14.4 Å². The summed E-state index contributed by atoms with van der Waals surface area (Å²) in [6.07, 6.45) is 0. The van der Waals surface area contributed by atoms with Crippen LogP contribution >= 0.6 is 23.2 Å². The van der Waals surface area contributed by atoms with Gasteiger partial charge < -0.3 is 14.4 Å². The number of carbonyl (C=O) groups is 1. The number of carbonyl (C=O) groups excluding carboxylic acids is 1. The Kier molecular flexibility index (Phi) is 9.30. The smallest absolute Gasteiger partial charge is 0.292 e. The van der Waals surface area contributed by atoms with Crippen LogP contribution in [0.15, 0.2) is 77.7 Å². The van der Waals surface area contributed by atoms with Crippen molar-refractivity contribution >= 4 is 61.4 Å². The Balaban J connectivity index is 1.28. The van der Waals surface area contributed by atoms with Crippen molar-refractivity contribution in [2.45, 2.75) is 25.3 Å². The number of nitrogens with one attached hydrogen (secondary N) is 1. The lowest BCUT2D eigenvalue weighted by Crippen LogP contribution is -2.37. The molecule has 5 aromatic rings. The van der Waals surface area contributed by atoms with Gasteiger partial charge in [0, 0.05) is 34.6 Å². The lowest BCUT2D eigenvalue weighted by molar-refractivity contribution is -0.384. The number of amides is 1. The van der Waals surface area contributed by atoms with Crippen LogP contribution in [0.4, 0.5) is 11.4 Å². The molecule has 1 saturated heterocycles. The standard InChI is InChI=1S/C33H29Cl2N5O7S/c1-20-15-25(16-21(2)31(20)35)47-24-6-3-22(4-7-24)19-39-32(27-17-23(34)5-9-28(27)36-39)33(41)37-48(44,45)26-8-10-29(40(42)43)30(18-26)38-11-13-46-14-12-38/h3-10,15-18H,11-14,19H2,1-2H3,(H,37,41). The molecule has 0 spiro atoms. The van der Waals surface area contributed by atoms with Gasteiger partial charge in [0.2, 0.25) is 0 Å². The maximum atomic E-state index is 13.8. The number of ether oxygens (including phenoxy) is 2. The van der Waals surface area contributed by atoms with E-state index in [1.807, 2.05) is 38.1 Å². The van der Waals surface area contributed by atoms with Gasteiger partial charge in [-0.2, -0.15) is 5.10 Å². The van der Waals surface area contributed by atoms with Gasteiger partial charge in [-0.05, 0) is 85.1 Å². The molecule has 15 heteroatoms. The minimum Gasteiger partial charge on any atom is -0.457 e. The molecule has 0 unspecified atom stereocenters. The molecular weight excluding hydrogens is 681 g/mol. The summed E-state index contributed by atoms with van der Waals surface area (Å²) >= 11 is 12.5. The number of nitrogens with zero attached hydrogens (tertiary/aromatic N) is 4. The molecule has 2 heterocycles. The number of sulfonamides is 1. The fourth-order valence-electron chi connectivity index (χ4n) is 5.51. The highest BCUT2D eigenvalue weighted by atomic mass is 35.5. The minimum absolute atomic E-state index is 0.0289. The SMILES string of the molecule is Cc1cc(Oc2ccc(Cn3nc4ccc(Cl)cc4c3C(=O)NS(=O)(=O)c3ccc([N+](=O)[O-])c(N4CCOCC4)c3)cc2)cc(C)c1Cl. The van der Waals surface area contributed by atoms with Gasteiger partial charge in [0.25, 0.3) is 21.6 Å². The maximum Gasteiger partial charge on any atom is 0.292 e. The van der Waals surface area contributed by atoms with Crippen LogP contribution in [0.25, 0.3) is 10.9 Å². The van der Waals surface area contributed by atoms with Crippen molar-refractivity contribution in [1.82, 2.24) is 14.5 Å². The molecule has 0 atom stereocenters. The van der Waals surface area contributed by atoms with Crippen molar-refractivity contribution < 1.29 is 27.6 Å². The Morgan fingerprint density at radius 2 is 1.67 bits per heavy atom. The highest BCUT2D eigenvalue weighted by molar-refractivity contribution is 7.90. The highest BCUT2D eigenvalue weighted by Gasteiger charge is 2.28. The summed E-state index contributed by atoms with van der Waals surface area (Å²) in [7, 11) is -4.48. The second kappa shape index (κ2) is 13.4. The summed E-state index contributed by atoms with van der Waals surface area (Å²) in [5.41, 5.74) is 2.82. The van der Waals surface area contributed by atoms with Crippen molar-refractivity contribution in [2.75, 3.05) is 31.2 Å². The van der Waals surface area contributed by atoms with E-state index >= 15 is 0 Å². The topological polar surface area (TPSA) is 146 Å². The van der Waals surface area contributed by atoms with E-state index in [9.17, 15) is 23.3 Å². The van der Waals surface area contributed by atoms with E-state index in [1.165, 1.54) is 16.8 Å². The second-order valence-corrected chi connectivity index (χ2v) is 13.7. The first kappa shape index (κ1) is 33.2. The number of morpholine rings is 1. The largest absolute Gasteiger partial charge is 0.457 e. The molecule has 6 rings (SSSR count). The van der Waals surface area contributed by atoms with Crippen LogP contribution in [0.1, 0.15) is 27.2 Å². The first-order chi connectivity index (χ1) is 22.9. The number of nitro groups is 1. The first-order valence-electron chi connectivity index (χ1n) is 14.8. The zero-order valence-electron chi connectivity index (χ0n) is 25.8. The van der Waals surface area contributed by atoms with Gasteiger partial charge in [0.05, 0.1) is 35.1 Å². The van der Waals surface area contributed by atoms with Gasteiger partial charge in [-0.3, -0.25) is 19.6 Å². The number of halogens is 2.